The summed E-state index contributed by atoms with van der Waals surface area (Å²) in [6, 6.07) is 7.74. The van der Waals surface area contributed by atoms with Gasteiger partial charge in [0.05, 0.1) is 6.54 Å². The summed E-state index contributed by atoms with van der Waals surface area (Å²) in [4.78, 5) is 26.2. The van der Waals surface area contributed by atoms with Crippen molar-refractivity contribution in [3.63, 3.8) is 0 Å². The average molecular weight is 396 g/mol. The Kier molecular flexibility index (Phi) is 7.72. The molecule has 0 spiro atoms. The van der Waals surface area contributed by atoms with E-state index in [2.05, 4.69) is 38.5 Å². The van der Waals surface area contributed by atoms with Gasteiger partial charge in [0.1, 0.15) is 0 Å². The number of likely N-dealkylation sites (N-methyl/N-ethyl adjacent to an activating group) is 1. The van der Waals surface area contributed by atoms with E-state index in [0.29, 0.717) is 18.2 Å². The van der Waals surface area contributed by atoms with Crippen molar-refractivity contribution in [2.24, 2.45) is 0 Å². The van der Waals surface area contributed by atoms with Crippen LogP contribution >= 0.6 is 15.9 Å². The number of hydrogen-bond acceptors (Lipinski definition) is 3. The number of rotatable bonds is 7. The number of halogens is 1. The lowest BCUT2D eigenvalue weighted by Gasteiger charge is -2.31. The first kappa shape index (κ1) is 18.9. The molecular weight excluding hydrogens is 370 g/mol. The minimum Gasteiger partial charge on any atom is -0.353 e. The van der Waals surface area contributed by atoms with Gasteiger partial charge in [0.2, 0.25) is 5.91 Å². The van der Waals surface area contributed by atoms with Gasteiger partial charge in [-0.2, -0.15) is 0 Å². The third kappa shape index (κ3) is 6.24. The van der Waals surface area contributed by atoms with Gasteiger partial charge in [-0.05, 0) is 38.1 Å². The molecule has 24 heavy (non-hydrogen) atoms. The van der Waals surface area contributed by atoms with E-state index < -0.39 is 0 Å². The van der Waals surface area contributed by atoms with Crippen molar-refractivity contribution < 1.29 is 9.59 Å². The van der Waals surface area contributed by atoms with Gasteiger partial charge in [-0.3, -0.25) is 9.59 Å². The summed E-state index contributed by atoms with van der Waals surface area (Å²) in [6.45, 7) is 1.45. The molecule has 2 amide bonds. The van der Waals surface area contributed by atoms with Crippen LogP contribution in [0.1, 0.15) is 42.5 Å². The Morgan fingerprint density at radius 2 is 1.96 bits per heavy atom. The molecule has 0 unspecified atom stereocenters. The van der Waals surface area contributed by atoms with Crippen LogP contribution in [-0.2, 0) is 4.79 Å². The van der Waals surface area contributed by atoms with Gasteiger partial charge in [0.15, 0.2) is 0 Å². The SMILES string of the molecule is CN(CCNC(=O)CNC(=O)c1cccc(Br)c1)C1CCCCC1. The summed E-state index contributed by atoms with van der Waals surface area (Å²) in [5, 5.41) is 5.51. The molecule has 0 heterocycles. The van der Waals surface area contributed by atoms with E-state index >= 15 is 0 Å². The van der Waals surface area contributed by atoms with Crippen molar-refractivity contribution in [3.05, 3.63) is 34.3 Å². The lowest BCUT2D eigenvalue weighted by molar-refractivity contribution is -0.120. The van der Waals surface area contributed by atoms with Gasteiger partial charge in [0.25, 0.3) is 5.91 Å². The highest BCUT2D eigenvalue weighted by Gasteiger charge is 2.17. The van der Waals surface area contributed by atoms with E-state index in [4.69, 9.17) is 0 Å². The van der Waals surface area contributed by atoms with Crippen LogP contribution in [-0.4, -0.2) is 49.4 Å². The standard InChI is InChI=1S/C18H26BrN3O2/c1-22(16-8-3-2-4-9-16)11-10-20-17(23)13-21-18(24)14-6-5-7-15(19)12-14/h5-7,12,16H,2-4,8-11,13H2,1H3,(H,20,23)(H,21,24). The summed E-state index contributed by atoms with van der Waals surface area (Å²) in [5.41, 5.74) is 0.536. The van der Waals surface area contributed by atoms with Gasteiger partial charge in [-0.1, -0.05) is 41.3 Å². The van der Waals surface area contributed by atoms with Crippen LogP contribution in [0.3, 0.4) is 0 Å². The van der Waals surface area contributed by atoms with Crippen molar-refractivity contribution in [3.8, 4) is 0 Å². The summed E-state index contributed by atoms with van der Waals surface area (Å²) in [7, 11) is 2.12. The molecule has 0 aliphatic heterocycles. The van der Waals surface area contributed by atoms with E-state index in [1.54, 1.807) is 18.2 Å². The van der Waals surface area contributed by atoms with E-state index in [9.17, 15) is 9.59 Å². The maximum absolute atomic E-state index is 12.0. The highest BCUT2D eigenvalue weighted by atomic mass is 79.9. The van der Waals surface area contributed by atoms with Gasteiger partial charge < -0.3 is 15.5 Å². The largest absolute Gasteiger partial charge is 0.353 e. The lowest BCUT2D eigenvalue weighted by Crippen LogP contribution is -2.42. The van der Waals surface area contributed by atoms with Gasteiger partial charge in [-0.25, -0.2) is 0 Å². The molecule has 0 bridgehead atoms. The second-order valence-corrected chi connectivity index (χ2v) is 7.23. The fourth-order valence-corrected chi connectivity index (χ4v) is 3.43. The maximum Gasteiger partial charge on any atom is 0.251 e. The number of nitrogens with zero attached hydrogens (tertiary/aromatic N) is 1. The third-order valence-corrected chi connectivity index (χ3v) is 4.97. The number of benzene rings is 1. The first-order valence-electron chi connectivity index (χ1n) is 8.57. The van der Waals surface area contributed by atoms with Gasteiger partial charge >= 0.3 is 0 Å². The molecule has 1 fully saturated rings. The topological polar surface area (TPSA) is 61.4 Å². The summed E-state index contributed by atoms with van der Waals surface area (Å²) >= 11 is 3.33. The number of nitrogens with one attached hydrogen (secondary N) is 2. The molecule has 1 aromatic carbocycles. The van der Waals surface area contributed by atoms with Crippen LogP contribution in [0.15, 0.2) is 28.7 Å². The van der Waals surface area contributed by atoms with Crippen LogP contribution in [0.4, 0.5) is 0 Å². The fraction of sp³-hybridized carbons (Fsp3) is 0.556. The molecule has 1 aromatic rings. The van der Waals surface area contributed by atoms with Gasteiger partial charge in [-0.15, -0.1) is 0 Å². The zero-order valence-electron chi connectivity index (χ0n) is 14.2. The first-order chi connectivity index (χ1) is 11.6. The summed E-state index contributed by atoms with van der Waals surface area (Å²) in [6.07, 6.45) is 6.48. The Balaban J connectivity index is 1.63. The van der Waals surface area contributed by atoms with Crippen LogP contribution in [0.25, 0.3) is 0 Å². The van der Waals surface area contributed by atoms with Crippen LogP contribution < -0.4 is 10.6 Å². The molecule has 6 heteroatoms. The van der Waals surface area contributed by atoms with E-state index in [1.807, 2.05) is 6.07 Å². The Labute approximate surface area is 152 Å². The Hall–Kier alpha value is -1.40. The molecular formula is C18H26BrN3O2. The second kappa shape index (κ2) is 9.79. The Bertz CT molecular complexity index is 559. The first-order valence-corrected chi connectivity index (χ1v) is 9.36. The van der Waals surface area contributed by atoms with Crippen molar-refractivity contribution >= 4 is 27.7 Å². The van der Waals surface area contributed by atoms with E-state index in [-0.39, 0.29) is 18.4 Å². The van der Waals surface area contributed by atoms with Gasteiger partial charge in [0, 0.05) is 29.2 Å². The summed E-state index contributed by atoms with van der Waals surface area (Å²) < 4.78 is 0.838. The predicted octanol–water partition coefficient (Wildman–Crippen LogP) is 2.56. The second-order valence-electron chi connectivity index (χ2n) is 6.32. The molecule has 5 nitrogen and oxygen atoms in total. The molecule has 0 saturated heterocycles. The smallest absolute Gasteiger partial charge is 0.251 e. The van der Waals surface area contributed by atoms with Crippen molar-refractivity contribution in [2.45, 2.75) is 38.1 Å². The number of carbonyl (C=O) groups excluding carboxylic acids is 2. The molecule has 2 rings (SSSR count). The zero-order chi connectivity index (χ0) is 17.4. The van der Waals surface area contributed by atoms with Crippen LogP contribution in [0, 0.1) is 0 Å². The van der Waals surface area contributed by atoms with E-state index in [0.717, 1.165) is 11.0 Å². The number of carbonyl (C=O) groups is 2. The molecule has 1 aliphatic carbocycles. The molecule has 1 saturated carbocycles. The minimum atomic E-state index is -0.245. The molecule has 1 aliphatic rings. The van der Waals surface area contributed by atoms with Crippen molar-refractivity contribution in [1.82, 2.24) is 15.5 Å². The van der Waals surface area contributed by atoms with E-state index in [1.165, 1.54) is 32.1 Å². The zero-order valence-corrected chi connectivity index (χ0v) is 15.8. The number of amides is 2. The van der Waals surface area contributed by atoms with Crippen LogP contribution in [0.5, 0.6) is 0 Å². The normalized spacial score (nSPS) is 15.3. The molecule has 0 atom stereocenters. The molecule has 0 radical (unpaired) electrons. The highest BCUT2D eigenvalue weighted by Crippen LogP contribution is 2.21. The highest BCUT2D eigenvalue weighted by molar-refractivity contribution is 9.10. The Morgan fingerprint density at radius 3 is 2.67 bits per heavy atom. The number of hydrogen-bond donors (Lipinski definition) is 2. The lowest BCUT2D eigenvalue weighted by atomic mass is 9.94. The summed E-state index contributed by atoms with van der Waals surface area (Å²) in [5.74, 6) is -0.402. The average Bonchev–Trinajstić information content (AvgIpc) is 2.60. The molecule has 132 valence electrons. The molecule has 0 aromatic heterocycles. The quantitative estimate of drug-likeness (QED) is 0.745. The molecule has 2 N–H and O–H groups in total. The van der Waals surface area contributed by atoms with Crippen molar-refractivity contribution in [1.29, 1.82) is 0 Å². The third-order valence-electron chi connectivity index (χ3n) is 4.48. The minimum absolute atomic E-state index is 0.00150. The van der Waals surface area contributed by atoms with Crippen molar-refractivity contribution in [2.75, 3.05) is 26.7 Å². The van der Waals surface area contributed by atoms with Crippen LogP contribution in [0.2, 0.25) is 0 Å². The predicted molar refractivity (Wildman–Crippen MR) is 99.0 cm³/mol. The Morgan fingerprint density at radius 1 is 1.21 bits per heavy atom. The fourth-order valence-electron chi connectivity index (χ4n) is 3.03. The maximum atomic E-state index is 12.0. The monoisotopic (exact) mass is 395 g/mol.